The Morgan fingerprint density at radius 1 is 1.23 bits per heavy atom. The molecule has 0 radical (unpaired) electrons. The van der Waals surface area contributed by atoms with Gasteiger partial charge in [0.15, 0.2) is 5.58 Å². The maximum Gasteiger partial charge on any atom is 0.297 e. The number of phenolic OH excluding ortho intramolecular Hbond substituents is 1. The monoisotopic (exact) mass is 442 g/mol. The molecule has 0 bridgehead atoms. The van der Waals surface area contributed by atoms with Crippen LogP contribution in [-0.4, -0.2) is 56.9 Å². The van der Waals surface area contributed by atoms with Crippen LogP contribution in [0.3, 0.4) is 0 Å². The Labute approximate surface area is 186 Å². The van der Waals surface area contributed by atoms with Crippen molar-refractivity contribution >= 4 is 28.8 Å². The van der Waals surface area contributed by atoms with Crippen molar-refractivity contribution in [3.05, 3.63) is 34.9 Å². The topological polar surface area (TPSA) is 94.7 Å². The third-order valence-electron chi connectivity index (χ3n) is 6.49. The summed E-state index contributed by atoms with van der Waals surface area (Å²) in [4.78, 5) is 11.6. The van der Waals surface area contributed by atoms with Crippen molar-refractivity contribution in [2.24, 2.45) is 5.92 Å². The molecule has 3 N–H and O–H groups in total. The summed E-state index contributed by atoms with van der Waals surface area (Å²) in [6.07, 6.45) is 4.09. The molecule has 2 fully saturated rings. The zero-order valence-electron chi connectivity index (χ0n) is 17.5. The van der Waals surface area contributed by atoms with Gasteiger partial charge in [-0.15, -0.1) is 0 Å². The van der Waals surface area contributed by atoms with E-state index in [9.17, 15) is 10.2 Å². The van der Waals surface area contributed by atoms with Crippen LogP contribution in [0.5, 0.6) is 5.75 Å². The maximum absolute atomic E-state index is 10.3. The Morgan fingerprint density at radius 2 is 2.10 bits per heavy atom. The molecule has 164 valence electrons. The van der Waals surface area contributed by atoms with Gasteiger partial charge in [0, 0.05) is 29.7 Å². The molecule has 0 unspecified atom stereocenters. The second-order valence-corrected chi connectivity index (χ2v) is 9.24. The molecule has 2 aliphatic rings. The molecule has 31 heavy (non-hydrogen) atoms. The molecular weight excluding hydrogens is 416 g/mol. The summed E-state index contributed by atoms with van der Waals surface area (Å²) >= 11 is 6.03. The van der Waals surface area contributed by atoms with Crippen molar-refractivity contribution in [2.45, 2.75) is 44.8 Å². The number of nitrogens with one attached hydrogen (secondary N) is 1. The van der Waals surface area contributed by atoms with Crippen LogP contribution in [0.1, 0.15) is 31.2 Å². The fourth-order valence-electron chi connectivity index (χ4n) is 4.69. The summed E-state index contributed by atoms with van der Waals surface area (Å²) in [5.74, 6) is 0.510. The van der Waals surface area contributed by atoms with E-state index in [1.807, 2.05) is 19.1 Å². The van der Waals surface area contributed by atoms with Crippen LogP contribution in [0.15, 0.2) is 28.7 Å². The first kappa shape index (κ1) is 20.5. The van der Waals surface area contributed by atoms with Crippen molar-refractivity contribution < 1.29 is 14.6 Å². The first-order valence-corrected chi connectivity index (χ1v) is 11.3. The molecule has 7 nitrogen and oxygen atoms in total. The van der Waals surface area contributed by atoms with E-state index in [0.29, 0.717) is 39.4 Å². The summed E-state index contributed by atoms with van der Waals surface area (Å²) in [6.45, 7) is 4.84. The molecule has 8 heteroatoms. The van der Waals surface area contributed by atoms with Gasteiger partial charge in [0.1, 0.15) is 5.75 Å². The number of nitrogens with zero attached hydrogens (tertiary/aromatic N) is 3. The van der Waals surface area contributed by atoms with Crippen LogP contribution in [0, 0.1) is 12.8 Å². The number of halogens is 1. The number of pyridine rings is 1. The quantitative estimate of drug-likeness (QED) is 0.545. The van der Waals surface area contributed by atoms with Crippen molar-refractivity contribution in [2.75, 3.05) is 25.0 Å². The Bertz CT molecular complexity index is 1080. The van der Waals surface area contributed by atoms with E-state index in [0.717, 1.165) is 50.9 Å². The van der Waals surface area contributed by atoms with Gasteiger partial charge in [-0.05, 0) is 74.9 Å². The van der Waals surface area contributed by atoms with E-state index in [4.69, 9.17) is 16.0 Å². The molecule has 3 aromatic rings. The van der Waals surface area contributed by atoms with Gasteiger partial charge < -0.3 is 24.8 Å². The van der Waals surface area contributed by atoms with E-state index >= 15 is 0 Å². The number of hydrogen-bond donors (Lipinski definition) is 3. The number of hydrogen-bond acceptors (Lipinski definition) is 7. The molecule has 3 atom stereocenters. The molecule has 2 aromatic heterocycles. The second-order valence-electron chi connectivity index (χ2n) is 8.80. The minimum Gasteiger partial charge on any atom is -0.507 e. The lowest BCUT2D eigenvalue weighted by molar-refractivity contribution is -0.000278. The third-order valence-corrected chi connectivity index (χ3v) is 6.71. The molecule has 1 aliphatic carbocycles. The SMILES string of the molecule is Cc1cc(Cl)cc(O)c1-c1ccc2oc(N[C@@H]3CCCN(C[C@@H]4CC[C@H]4O)C3)nc2n1. The van der Waals surface area contributed by atoms with Gasteiger partial charge in [-0.3, -0.25) is 0 Å². The van der Waals surface area contributed by atoms with E-state index in [-0.39, 0.29) is 17.9 Å². The highest BCUT2D eigenvalue weighted by atomic mass is 35.5. The van der Waals surface area contributed by atoms with Crippen molar-refractivity contribution in [1.82, 2.24) is 14.9 Å². The molecule has 1 saturated heterocycles. The number of aliphatic hydroxyl groups excluding tert-OH is 1. The molecule has 3 heterocycles. The fourth-order valence-corrected chi connectivity index (χ4v) is 4.96. The number of piperidine rings is 1. The number of aliphatic hydroxyl groups is 1. The summed E-state index contributed by atoms with van der Waals surface area (Å²) < 4.78 is 5.88. The van der Waals surface area contributed by atoms with Crippen molar-refractivity contribution in [3.8, 4) is 17.0 Å². The highest BCUT2D eigenvalue weighted by Crippen LogP contribution is 2.35. The van der Waals surface area contributed by atoms with Gasteiger partial charge in [-0.2, -0.15) is 4.98 Å². The largest absolute Gasteiger partial charge is 0.507 e. The average molecular weight is 443 g/mol. The minimum atomic E-state index is -0.130. The first-order valence-electron chi connectivity index (χ1n) is 10.9. The van der Waals surface area contributed by atoms with Gasteiger partial charge >= 0.3 is 0 Å². The van der Waals surface area contributed by atoms with Crippen LogP contribution in [-0.2, 0) is 0 Å². The fraction of sp³-hybridized carbons (Fsp3) is 0.478. The summed E-state index contributed by atoms with van der Waals surface area (Å²) in [6, 6.07) is 7.68. The van der Waals surface area contributed by atoms with E-state index in [1.54, 1.807) is 6.07 Å². The lowest BCUT2D eigenvalue weighted by atomic mass is 9.81. The number of phenols is 1. The van der Waals surface area contributed by atoms with E-state index < -0.39 is 0 Å². The number of aromatic hydroxyl groups is 1. The van der Waals surface area contributed by atoms with Crippen molar-refractivity contribution in [1.29, 1.82) is 0 Å². The van der Waals surface area contributed by atoms with E-state index in [2.05, 4.69) is 20.2 Å². The highest BCUT2D eigenvalue weighted by molar-refractivity contribution is 6.31. The Hall–Kier alpha value is -2.35. The lowest BCUT2D eigenvalue weighted by Gasteiger charge is -2.40. The molecule has 1 saturated carbocycles. The van der Waals surface area contributed by atoms with Gasteiger partial charge in [0.05, 0.1) is 11.8 Å². The minimum absolute atomic E-state index is 0.0950. The standard InChI is InChI=1S/C23H27ClN4O3/c1-13-9-15(24)10-19(30)21(13)17-5-7-20-22(26-17)27-23(31-20)25-16-3-2-8-28(12-16)11-14-4-6-18(14)29/h5,7,9-10,14,16,18,29-30H,2-4,6,8,11-12H2,1H3,(H,25,26,27)/t14-,16+,18+/m0/s1. The number of aryl methyl sites for hydroxylation is 1. The smallest absolute Gasteiger partial charge is 0.297 e. The summed E-state index contributed by atoms with van der Waals surface area (Å²) in [5, 5.41) is 24.1. The first-order chi connectivity index (χ1) is 15.0. The number of benzene rings is 1. The van der Waals surface area contributed by atoms with Crippen molar-refractivity contribution in [3.63, 3.8) is 0 Å². The molecule has 1 aliphatic heterocycles. The number of likely N-dealkylation sites (tertiary alicyclic amines) is 1. The van der Waals surface area contributed by atoms with Gasteiger partial charge in [-0.1, -0.05) is 11.6 Å². The lowest BCUT2D eigenvalue weighted by Crippen LogP contribution is -2.47. The maximum atomic E-state index is 10.3. The zero-order chi connectivity index (χ0) is 21.5. The predicted molar refractivity (Wildman–Crippen MR) is 120 cm³/mol. The number of aromatic nitrogens is 2. The Balaban J connectivity index is 1.31. The van der Waals surface area contributed by atoms with Crippen LogP contribution in [0.25, 0.3) is 22.5 Å². The third kappa shape index (κ3) is 4.22. The van der Waals surface area contributed by atoms with Crippen LogP contribution in [0.4, 0.5) is 6.01 Å². The highest BCUT2D eigenvalue weighted by Gasteiger charge is 2.32. The summed E-state index contributed by atoms with van der Waals surface area (Å²) in [5.41, 5.74) is 3.21. The van der Waals surface area contributed by atoms with Gasteiger partial charge in [0.2, 0.25) is 5.65 Å². The molecular formula is C23H27ClN4O3. The number of fused-ring (bicyclic) bond motifs is 1. The number of anilines is 1. The predicted octanol–water partition coefficient (Wildman–Crippen LogP) is 4.20. The molecule has 0 spiro atoms. The van der Waals surface area contributed by atoms with Crippen LogP contribution < -0.4 is 5.32 Å². The normalized spacial score (nSPS) is 24.3. The Morgan fingerprint density at radius 3 is 2.84 bits per heavy atom. The van der Waals surface area contributed by atoms with E-state index in [1.165, 1.54) is 6.07 Å². The summed E-state index contributed by atoms with van der Waals surface area (Å²) in [7, 11) is 0. The van der Waals surface area contributed by atoms with Crippen LogP contribution in [0.2, 0.25) is 5.02 Å². The van der Waals surface area contributed by atoms with Gasteiger partial charge in [0.25, 0.3) is 6.01 Å². The Kier molecular flexibility index (Phi) is 5.50. The number of oxazole rings is 1. The number of rotatable bonds is 5. The average Bonchev–Trinajstić information content (AvgIpc) is 3.12. The van der Waals surface area contributed by atoms with Crippen LogP contribution >= 0.6 is 11.6 Å². The van der Waals surface area contributed by atoms with Gasteiger partial charge in [-0.25, -0.2) is 4.98 Å². The second kappa shape index (κ2) is 8.30. The zero-order valence-corrected chi connectivity index (χ0v) is 18.3. The molecule has 1 aromatic carbocycles. The molecule has 0 amide bonds. The molecule has 5 rings (SSSR count).